The minimum Gasteiger partial charge on any atom is -0.361 e. The van der Waals surface area contributed by atoms with Gasteiger partial charge in [-0.1, -0.05) is 6.07 Å². The van der Waals surface area contributed by atoms with Crippen LogP contribution in [0.2, 0.25) is 0 Å². The number of nitrogens with zero attached hydrogens (tertiary/aromatic N) is 3. The molecule has 1 rings (SSSR count). The largest absolute Gasteiger partial charge is 0.361 e. The van der Waals surface area contributed by atoms with Crippen LogP contribution in [0.5, 0.6) is 0 Å². The van der Waals surface area contributed by atoms with Crippen molar-refractivity contribution in [1.29, 1.82) is 0 Å². The van der Waals surface area contributed by atoms with Crippen molar-refractivity contribution >= 4 is 12.0 Å². The van der Waals surface area contributed by atoms with E-state index in [1.807, 2.05) is 0 Å². The van der Waals surface area contributed by atoms with E-state index in [2.05, 4.69) is 9.77 Å². The highest BCUT2D eigenvalue weighted by Crippen LogP contribution is 1.91. The molecule has 0 saturated carbocycles. The third-order valence-electron chi connectivity index (χ3n) is 1.09. The number of aromatic nitrogens is 1. The van der Waals surface area contributed by atoms with E-state index in [1.54, 1.807) is 18.2 Å². The van der Waals surface area contributed by atoms with Crippen LogP contribution in [-0.2, 0) is 0 Å². The van der Waals surface area contributed by atoms with Crippen LogP contribution in [0.3, 0.4) is 0 Å². The highest BCUT2D eigenvalue weighted by Gasteiger charge is 2.05. The van der Waals surface area contributed by atoms with Gasteiger partial charge in [-0.05, 0) is 12.1 Å². The Labute approximate surface area is 63.1 Å². The number of pyridine rings is 1. The molecule has 0 aliphatic heterocycles. The summed E-state index contributed by atoms with van der Waals surface area (Å²) in [6.45, 7) is 0. The van der Waals surface area contributed by atoms with Gasteiger partial charge in [0.1, 0.15) is 5.69 Å². The number of Topliss-reactive ketones (excluding diaryl/α,β-unsaturated/α-hetero) is 1. The maximum atomic E-state index is 10.9. The molecule has 0 saturated heterocycles. The molecule has 0 radical (unpaired) electrons. The number of hydrogen-bond donors (Lipinski definition) is 0. The SMILES string of the molecule is [N-]=[N+]=CC(=O)c1ccccn1. The second-order valence-corrected chi connectivity index (χ2v) is 1.82. The average Bonchev–Trinajstić information content (AvgIpc) is 2.07. The first-order valence-corrected chi connectivity index (χ1v) is 2.97. The van der Waals surface area contributed by atoms with Crippen LogP contribution in [0.4, 0.5) is 0 Å². The minimum absolute atomic E-state index is 0.269. The van der Waals surface area contributed by atoms with Gasteiger partial charge in [0.2, 0.25) is 0 Å². The fraction of sp³-hybridized carbons (Fsp3) is 0. The van der Waals surface area contributed by atoms with Crippen LogP contribution in [0.1, 0.15) is 10.5 Å². The van der Waals surface area contributed by atoms with Crippen molar-refractivity contribution in [1.82, 2.24) is 4.98 Å². The highest BCUT2D eigenvalue weighted by atomic mass is 16.1. The lowest BCUT2D eigenvalue weighted by molar-refractivity contribution is 0.00230. The number of carbonyl (C=O) groups is 1. The van der Waals surface area contributed by atoms with Crippen molar-refractivity contribution in [2.45, 2.75) is 0 Å². The Morgan fingerprint density at radius 3 is 3.00 bits per heavy atom. The predicted molar refractivity (Wildman–Crippen MR) is 38.3 cm³/mol. The van der Waals surface area contributed by atoms with E-state index in [-0.39, 0.29) is 5.69 Å². The Bertz CT molecular complexity index is 301. The van der Waals surface area contributed by atoms with Gasteiger partial charge in [-0.3, -0.25) is 9.78 Å². The van der Waals surface area contributed by atoms with Crippen molar-refractivity contribution in [3.05, 3.63) is 35.6 Å². The van der Waals surface area contributed by atoms with Gasteiger partial charge in [0, 0.05) is 6.20 Å². The summed E-state index contributed by atoms with van der Waals surface area (Å²) >= 11 is 0. The molecule has 4 heteroatoms. The molecular formula is C7H5N3O. The first kappa shape index (κ1) is 7.31. The zero-order chi connectivity index (χ0) is 8.10. The molecule has 0 N–H and O–H groups in total. The third kappa shape index (κ3) is 1.81. The molecule has 4 nitrogen and oxygen atoms in total. The highest BCUT2D eigenvalue weighted by molar-refractivity contribution is 6.32. The first-order valence-electron chi connectivity index (χ1n) is 2.97. The van der Waals surface area contributed by atoms with E-state index in [1.165, 1.54) is 6.20 Å². The van der Waals surface area contributed by atoms with Crippen LogP contribution in [0.15, 0.2) is 24.4 Å². The molecule has 1 heterocycles. The smallest absolute Gasteiger partial charge is 0.329 e. The van der Waals surface area contributed by atoms with Crippen LogP contribution in [0, 0.1) is 0 Å². The Morgan fingerprint density at radius 1 is 1.64 bits per heavy atom. The standard InChI is InChI=1S/C7H5N3O/c8-10-5-7(11)6-3-1-2-4-9-6/h1-5H. The average molecular weight is 147 g/mol. The molecule has 0 fully saturated rings. The fourth-order valence-electron chi connectivity index (χ4n) is 0.627. The molecule has 1 aromatic rings. The maximum Gasteiger partial charge on any atom is 0.329 e. The molecule has 0 unspecified atom stereocenters. The molecule has 54 valence electrons. The molecule has 0 bridgehead atoms. The zero-order valence-electron chi connectivity index (χ0n) is 5.64. The van der Waals surface area contributed by atoms with Crippen molar-refractivity contribution in [2.24, 2.45) is 0 Å². The van der Waals surface area contributed by atoms with Crippen LogP contribution >= 0.6 is 0 Å². The van der Waals surface area contributed by atoms with E-state index >= 15 is 0 Å². The number of rotatable bonds is 2. The van der Waals surface area contributed by atoms with Crippen LogP contribution in [0.25, 0.3) is 5.53 Å². The van der Waals surface area contributed by atoms with Gasteiger partial charge in [0.25, 0.3) is 5.78 Å². The van der Waals surface area contributed by atoms with Gasteiger partial charge < -0.3 is 5.53 Å². The van der Waals surface area contributed by atoms with Gasteiger partial charge in [-0.2, -0.15) is 4.79 Å². The molecular weight excluding hydrogens is 142 g/mol. The first-order chi connectivity index (χ1) is 5.34. The lowest BCUT2D eigenvalue weighted by Crippen LogP contribution is -2.02. The Hall–Kier alpha value is -1.80. The van der Waals surface area contributed by atoms with Crippen molar-refractivity contribution < 1.29 is 9.58 Å². The van der Waals surface area contributed by atoms with Gasteiger partial charge in [-0.25, -0.2) is 0 Å². The number of carbonyl (C=O) groups excluding carboxylic acids is 1. The maximum absolute atomic E-state index is 10.9. The zero-order valence-corrected chi connectivity index (χ0v) is 5.64. The normalized spacial score (nSPS) is 8.36. The fourth-order valence-corrected chi connectivity index (χ4v) is 0.627. The molecule has 0 aliphatic carbocycles. The number of hydrogen-bond acceptors (Lipinski definition) is 2. The Balaban J connectivity index is 2.94. The van der Waals surface area contributed by atoms with Crippen LogP contribution in [-0.4, -0.2) is 21.8 Å². The van der Waals surface area contributed by atoms with Crippen molar-refractivity contribution in [2.75, 3.05) is 0 Å². The van der Waals surface area contributed by atoms with E-state index in [0.717, 1.165) is 6.21 Å². The predicted octanol–water partition coefficient (Wildman–Crippen LogP) is 0.565. The van der Waals surface area contributed by atoms with Gasteiger partial charge >= 0.3 is 6.21 Å². The molecule has 0 amide bonds. The molecule has 0 aliphatic rings. The molecule has 0 spiro atoms. The second kappa shape index (κ2) is 3.39. The quantitative estimate of drug-likeness (QED) is 0.265. The lowest BCUT2D eigenvalue weighted by atomic mass is 10.3. The monoisotopic (exact) mass is 147 g/mol. The summed E-state index contributed by atoms with van der Waals surface area (Å²) < 4.78 is 0. The van der Waals surface area contributed by atoms with Gasteiger partial charge in [-0.15, -0.1) is 0 Å². The van der Waals surface area contributed by atoms with Gasteiger partial charge in [0.05, 0.1) is 0 Å². The lowest BCUT2D eigenvalue weighted by Gasteiger charge is -1.86. The summed E-state index contributed by atoms with van der Waals surface area (Å²) in [5, 5.41) is 0. The van der Waals surface area contributed by atoms with Gasteiger partial charge in [0.15, 0.2) is 0 Å². The van der Waals surface area contributed by atoms with E-state index in [4.69, 9.17) is 5.53 Å². The summed E-state index contributed by atoms with van der Waals surface area (Å²) in [6, 6.07) is 4.93. The molecule has 0 atom stereocenters. The summed E-state index contributed by atoms with van der Waals surface area (Å²) in [7, 11) is 0. The van der Waals surface area contributed by atoms with Crippen LogP contribution < -0.4 is 0 Å². The van der Waals surface area contributed by atoms with Crippen molar-refractivity contribution in [3.8, 4) is 0 Å². The molecule has 1 aromatic heterocycles. The summed E-state index contributed by atoms with van der Waals surface area (Å²) in [5.74, 6) is -0.409. The summed E-state index contributed by atoms with van der Waals surface area (Å²) in [4.78, 5) is 17.2. The summed E-state index contributed by atoms with van der Waals surface area (Å²) in [5.41, 5.74) is 8.29. The number of ketones is 1. The molecule has 0 aromatic carbocycles. The topological polar surface area (TPSA) is 66.4 Å². The second-order valence-electron chi connectivity index (χ2n) is 1.82. The summed E-state index contributed by atoms with van der Waals surface area (Å²) in [6.07, 6.45) is 2.31. The van der Waals surface area contributed by atoms with E-state index in [9.17, 15) is 4.79 Å². The Morgan fingerprint density at radius 2 is 2.45 bits per heavy atom. The van der Waals surface area contributed by atoms with Crippen molar-refractivity contribution in [3.63, 3.8) is 0 Å². The van der Waals surface area contributed by atoms with E-state index < -0.39 is 5.78 Å². The van der Waals surface area contributed by atoms with E-state index in [0.29, 0.717) is 0 Å². The molecule has 11 heavy (non-hydrogen) atoms. The third-order valence-corrected chi connectivity index (χ3v) is 1.09. The minimum atomic E-state index is -0.409. The Kier molecular flexibility index (Phi) is 2.25.